The van der Waals surface area contributed by atoms with E-state index in [2.05, 4.69) is 34.6 Å². The van der Waals surface area contributed by atoms with Crippen molar-refractivity contribution in [1.82, 2.24) is 10.2 Å². The number of thioether (sulfide) groups is 1. The van der Waals surface area contributed by atoms with Gasteiger partial charge in [-0.25, -0.2) is 0 Å². The number of aryl methyl sites for hydroxylation is 2. The third-order valence-electron chi connectivity index (χ3n) is 3.68. The average molecular weight is 287 g/mol. The molecule has 4 nitrogen and oxygen atoms in total. The number of nitrogens with one attached hydrogen (secondary N) is 2. The van der Waals surface area contributed by atoms with Crippen molar-refractivity contribution in [3.05, 3.63) is 46.6 Å². The van der Waals surface area contributed by atoms with Crippen LogP contribution in [0.25, 0.3) is 0 Å². The summed E-state index contributed by atoms with van der Waals surface area (Å²) in [5.41, 5.74) is 4.57. The molecule has 0 spiro atoms. The summed E-state index contributed by atoms with van der Waals surface area (Å²) in [5.74, 6) is 0.677. The molecule has 0 saturated carbocycles. The molecule has 2 atom stereocenters. The molecule has 0 unspecified atom stereocenters. The normalized spacial score (nSPS) is 22.1. The zero-order chi connectivity index (χ0) is 14.3. The molecule has 2 N–H and O–H groups in total. The van der Waals surface area contributed by atoms with Gasteiger partial charge in [-0.2, -0.15) is 5.10 Å². The van der Waals surface area contributed by atoms with E-state index >= 15 is 0 Å². The number of carbonyl (C=O) groups excluding carboxylic acids is 1. The lowest BCUT2D eigenvalue weighted by atomic mass is 10.00. The second kappa shape index (κ2) is 4.98. The summed E-state index contributed by atoms with van der Waals surface area (Å²) in [6, 6.07) is 8.32. The van der Waals surface area contributed by atoms with Crippen molar-refractivity contribution < 1.29 is 4.79 Å². The molecule has 5 heteroatoms. The molecule has 104 valence electrons. The Labute approximate surface area is 122 Å². The SMILES string of the molecule is Cc1ccccc1[C@H]1S[C@@H](C)C(=O)Nc2n[nH]c(C)c21. The van der Waals surface area contributed by atoms with E-state index in [4.69, 9.17) is 0 Å². The van der Waals surface area contributed by atoms with Crippen LogP contribution in [0.5, 0.6) is 0 Å². The molecular formula is C15H17N3OS. The number of aromatic nitrogens is 2. The summed E-state index contributed by atoms with van der Waals surface area (Å²) in [5, 5.41) is 10.2. The molecule has 1 aromatic carbocycles. The van der Waals surface area contributed by atoms with Crippen molar-refractivity contribution in [1.29, 1.82) is 0 Å². The van der Waals surface area contributed by atoms with E-state index in [1.165, 1.54) is 11.1 Å². The van der Waals surface area contributed by atoms with Crippen molar-refractivity contribution in [2.75, 3.05) is 5.32 Å². The minimum atomic E-state index is -0.104. The second-order valence-corrected chi connectivity index (χ2v) is 6.57. The van der Waals surface area contributed by atoms with Crippen LogP contribution >= 0.6 is 11.8 Å². The van der Waals surface area contributed by atoms with Crippen molar-refractivity contribution in [2.24, 2.45) is 0 Å². The highest BCUT2D eigenvalue weighted by Crippen LogP contribution is 2.45. The second-order valence-electron chi connectivity index (χ2n) is 5.12. The number of rotatable bonds is 1. The minimum absolute atomic E-state index is 0.0128. The predicted octanol–water partition coefficient (Wildman–Crippen LogP) is 3.19. The van der Waals surface area contributed by atoms with E-state index in [0.29, 0.717) is 5.82 Å². The number of fused-ring (bicyclic) bond motifs is 1. The number of amides is 1. The van der Waals surface area contributed by atoms with Crippen LogP contribution in [0.1, 0.15) is 34.6 Å². The molecule has 0 bridgehead atoms. The lowest BCUT2D eigenvalue weighted by Crippen LogP contribution is -2.21. The number of nitrogens with zero attached hydrogens (tertiary/aromatic N) is 1. The summed E-state index contributed by atoms with van der Waals surface area (Å²) >= 11 is 1.67. The number of benzene rings is 1. The number of hydrogen-bond acceptors (Lipinski definition) is 3. The zero-order valence-electron chi connectivity index (χ0n) is 11.7. The molecule has 0 aliphatic carbocycles. The van der Waals surface area contributed by atoms with Gasteiger partial charge in [-0.15, -0.1) is 11.8 Å². The fraction of sp³-hybridized carbons (Fsp3) is 0.333. The van der Waals surface area contributed by atoms with Crippen LogP contribution in [0.3, 0.4) is 0 Å². The summed E-state index contributed by atoms with van der Waals surface area (Å²) in [4.78, 5) is 12.1. The highest BCUT2D eigenvalue weighted by atomic mass is 32.2. The number of carbonyl (C=O) groups is 1. The molecule has 1 aliphatic rings. The zero-order valence-corrected chi connectivity index (χ0v) is 12.5. The molecular weight excluding hydrogens is 270 g/mol. The Hall–Kier alpha value is -1.75. The number of anilines is 1. The molecule has 2 aromatic rings. The first-order valence-corrected chi connectivity index (χ1v) is 7.59. The maximum Gasteiger partial charge on any atom is 0.238 e. The largest absolute Gasteiger partial charge is 0.308 e. The topological polar surface area (TPSA) is 57.8 Å². The molecule has 2 heterocycles. The van der Waals surface area contributed by atoms with Crippen LogP contribution in [-0.2, 0) is 4.79 Å². The van der Waals surface area contributed by atoms with E-state index < -0.39 is 0 Å². The molecule has 0 fully saturated rings. The molecule has 0 saturated heterocycles. The van der Waals surface area contributed by atoms with Gasteiger partial charge in [-0.1, -0.05) is 24.3 Å². The van der Waals surface area contributed by atoms with E-state index in [-0.39, 0.29) is 16.4 Å². The van der Waals surface area contributed by atoms with Crippen LogP contribution in [0, 0.1) is 13.8 Å². The summed E-state index contributed by atoms with van der Waals surface area (Å²) in [6.45, 7) is 6.05. The predicted molar refractivity (Wildman–Crippen MR) is 82.0 cm³/mol. The summed E-state index contributed by atoms with van der Waals surface area (Å²) < 4.78 is 0. The van der Waals surface area contributed by atoms with Gasteiger partial charge in [-0.05, 0) is 31.9 Å². The molecule has 3 rings (SSSR count). The van der Waals surface area contributed by atoms with E-state index in [1.54, 1.807) is 11.8 Å². The molecule has 20 heavy (non-hydrogen) atoms. The fourth-order valence-electron chi connectivity index (χ4n) is 2.52. The van der Waals surface area contributed by atoms with Gasteiger partial charge < -0.3 is 5.32 Å². The lowest BCUT2D eigenvalue weighted by Gasteiger charge is -2.19. The maximum atomic E-state index is 12.1. The van der Waals surface area contributed by atoms with Gasteiger partial charge in [0.15, 0.2) is 5.82 Å². The Morgan fingerprint density at radius 3 is 2.75 bits per heavy atom. The highest BCUT2D eigenvalue weighted by Gasteiger charge is 2.32. The van der Waals surface area contributed by atoms with Gasteiger partial charge in [0.05, 0.1) is 10.5 Å². The summed E-state index contributed by atoms with van der Waals surface area (Å²) in [7, 11) is 0. The minimum Gasteiger partial charge on any atom is -0.308 e. The standard InChI is InChI=1S/C15H17N3OS/c1-8-6-4-5-7-11(8)13-12-9(2)17-18-14(12)16-15(19)10(3)20-13/h4-7,10,13H,1-3H3,(H2,16,17,18,19)/t10-,13+/m0/s1. The Morgan fingerprint density at radius 2 is 2.00 bits per heavy atom. The molecule has 0 radical (unpaired) electrons. The van der Waals surface area contributed by atoms with Gasteiger partial charge in [0.25, 0.3) is 0 Å². The van der Waals surface area contributed by atoms with Gasteiger partial charge in [0.2, 0.25) is 5.91 Å². The first kappa shape index (κ1) is 13.2. The Balaban J connectivity index is 2.16. The van der Waals surface area contributed by atoms with Crippen LogP contribution in [0.4, 0.5) is 5.82 Å². The van der Waals surface area contributed by atoms with Crippen molar-refractivity contribution >= 4 is 23.5 Å². The fourth-order valence-corrected chi connectivity index (χ4v) is 3.94. The Morgan fingerprint density at radius 1 is 1.25 bits per heavy atom. The van der Waals surface area contributed by atoms with Gasteiger partial charge in [-0.3, -0.25) is 9.89 Å². The first-order chi connectivity index (χ1) is 9.58. The highest BCUT2D eigenvalue weighted by molar-refractivity contribution is 8.01. The average Bonchev–Trinajstić information content (AvgIpc) is 2.71. The quantitative estimate of drug-likeness (QED) is 0.847. The number of aromatic amines is 1. The van der Waals surface area contributed by atoms with Crippen LogP contribution in [0.15, 0.2) is 24.3 Å². The Bertz CT molecular complexity index is 665. The number of hydrogen-bond donors (Lipinski definition) is 2. The van der Waals surface area contributed by atoms with Crippen LogP contribution in [0.2, 0.25) is 0 Å². The third kappa shape index (κ3) is 2.12. The van der Waals surface area contributed by atoms with Gasteiger partial charge in [0, 0.05) is 11.3 Å². The van der Waals surface area contributed by atoms with Gasteiger partial charge in [0.1, 0.15) is 0 Å². The van der Waals surface area contributed by atoms with E-state index in [0.717, 1.165) is 11.3 Å². The molecule has 1 aromatic heterocycles. The van der Waals surface area contributed by atoms with Crippen molar-refractivity contribution in [2.45, 2.75) is 31.3 Å². The molecule has 1 amide bonds. The molecule has 1 aliphatic heterocycles. The van der Waals surface area contributed by atoms with E-state index in [9.17, 15) is 4.79 Å². The third-order valence-corrected chi connectivity index (χ3v) is 5.06. The lowest BCUT2D eigenvalue weighted by molar-refractivity contribution is -0.115. The van der Waals surface area contributed by atoms with Gasteiger partial charge >= 0.3 is 0 Å². The van der Waals surface area contributed by atoms with Crippen LogP contribution < -0.4 is 5.32 Å². The Kier molecular flexibility index (Phi) is 3.30. The van der Waals surface area contributed by atoms with Crippen molar-refractivity contribution in [3.63, 3.8) is 0 Å². The van der Waals surface area contributed by atoms with Crippen LogP contribution in [-0.4, -0.2) is 21.4 Å². The van der Waals surface area contributed by atoms with E-state index in [1.807, 2.05) is 26.0 Å². The maximum absolute atomic E-state index is 12.1. The first-order valence-electron chi connectivity index (χ1n) is 6.64. The summed E-state index contributed by atoms with van der Waals surface area (Å²) in [6.07, 6.45) is 0. The number of H-pyrrole nitrogens is 1. The smallest absolute Gasteiger partial charge is 0.238 e. The van der Waals surface area contributed by atoms with Crippen molar-refractivity contribution in [3.8, 4) is 0 Å². The monoisotopic (exact) mass is 287 g/mol.